The average Bonchev–Trinajstić information content (AvgIpc) is 2.74. The molecule has 0 spiro atoms. The minimum Gasteiger partial charge on any atom is -0.497 e. The van der Waals surface area contributed by atoms with Crippen LogP contribution in [0.4, 0.5) is 0 Å². The van der Waals surface area contributed by atoms with Crippen LogP contribution in [0.1, 0.15) is 18.5 Å². The molecule has 1 amide bonds. The van der Waals surface area contributed by atoms with E-state index in [1.807, 2.05) is 37.4 Å². The number of hydrogen-bond donors (Lipinski definition) is 1. The number of ether oxygens (including phenoxy) is 1. The second-order valence-electron chi connectivity index (χ2n) is 4.70. The molecule has 0 fully saturated rings. The summed E-state index contributed by atoms with van der Waals surface area (Å²) in [6, 6.07) is 7.37. The third-order valence-electron chi connectivity index (χ3n) is 3.49. The Bertz CT molecular complexity index is 563. The zero-order valence-electron chi connectivity index (χ0n) is 11.0. The number of rotatable bonds is 2. The highest BCUT2D eigenvalue weighted by molar-refractivity contribution is 6.08. The normalized spacial score (nSPS) is 25.3. The van der Waals surface area contributed by atoms with Crippen molar-refractivity contribution in [3.05, 3.63) is 29.8 Å². The van der Waals surface area contributed by atoms with Gasteiger partial charge in [-0.1, -0.05) is 12.1 Å². The van der Waals surface area contributed by atoms with Crippen LogP contribution in [0.25, 0.3) is 0 Å². The molecule has 2 aliphatic heterocycles. The van der Waals surface area contributed by atoms with Crippen molar-refractivity contribution in [2.45, 2.75) is 19.0 Å². The SMILES string of the molecule is COc1ccc(C2C=[NH+]CC3=NC(C)C(=O)N32)cc1. The Morgan fingerprint density at radius 1 is 1.37 bits per heavy atom. The van der Waals surface area contributed by atoms with E-state index in [0.29, 0.717) is 6.54 Å². The Kier molecular flexibility index (Phi) is 2.81. The van der Waals surface area contributed by atoms with E-state index in [9.17, 15) is 4.79 Å². The molecule has 98 valence electrons. The minimum absolute atomic E-state index is 0.0635. The lowest BCUT2D eigenvalue weighted by atomic mass is 10.0. The van der Waals surface area contributed by atoms with Crippen LogP contribution in [0.15, 0.2) is 29.3 Å². The van der Waals surface area contributed by atoms with Gasteiger partial charge in [0.05, 0.1) is 7.11 Å². The number of fused-ring (bicyclic) bond motifs is 1. The summed E-state index contributed by atoms with van der Waals surface area (Å²) in [6.07, 6.45) is 1.94. The standard InChI is InChI=1S/C14H15N3O2/c1-9-14(18)17-12(7-15-8-13(17)16-9)10-3-5-11(19-2)6-4-10/h3-7,9,12H,8H2,1-2H3/p+1. The molecule has 5 heteroatoms. The molecule has 2 heterocycles. The molecule has 5 nitrogen and oxygen atoms in total. The number of nitrogens with zero attached hydrogens (tertiary/aromatic N) is 2. The lowest BCUT2D eigenvalue weighted by Crippen LogP contribution is -2.77. The summed E-state index contributed by atoms with van der Waals surface area (Å²) in [5.74, 6) is 1.69. The summed E-state index contributed by atoms with van der Waals surface area (Å²) in [4.78, 5) is 21.5. The second kappa shape index (κ2) is 4.50. The van der Waals surface area contributed by atoms with Gasteiger partial charge in [0.1, 0.15) is 17.8 Å². The smallest absolute Gasteiger partial charge is 0.253 e. The lowest BCUT2D eigenvalue weighted by molar-refractivity contribution is -0.440. The number of amides is 1. The van der Waals surface area contributed by atoms with E-state index in [1.165, 1.54) is 0 Å². The van der Waals surface area contributed by atoms with Crippen LogP contribution >= 0.6 is 0 Å². The van der Waals surface area contributed by atoms with Gasteiger partial charge in [-0.05, 0) is 24.6 Å². The average molecular weight is 258 g/mol. The zero-order chi connectivity index (χ0) is 13.4. The molecule has 0 bridgehead atoms. The molecule has 2 atom stereocenters. The van der Waals surface area contributed by atoms with E-state index >= 15 is 0 Å². The van der Waals surface area contributed by atoms with E-state index < -0.39 is 0 Å². The van der Waals surface area contributed by atoms with Gasteiger partial charge < -0.3 is 4.74 Å². The fourth-order valence-corrected chi connectivity index (χ4v) is 2.48. The highest BCUT2D eigenvalue weighted by Crippen LogP contribution is 2.26. The number of amidine groups is 1. The Labute approximate surface area is 111 Å². The van der Waals surface area contributed by atoms with Crippen molar-refractivity contribution < 1.29 is 14.5 Å². The van der Waals surface area contributed by atoms with Crippen LogP contribution in [0.2, 0.25) is 0 Å². The van der Waals surface area contributed by atoms with Crippen LogP contribution < -0.4 is 9.73 Å². The van der Waals surface area contributed by atoms with Crippen molar-refractivity contribution >= 4 is 18.0 Å². The van der Waals surface area contributed by atoms with E-state index in [0.717, 1.165) is 17.1 Å². The van der Waals surface area contributed by atoms with Gasteiger partial charge in [0.2, 0.25) is 0 Å². The maximum atomic E-state index is 12.2. The predicted molar refractivity (Wildman–Crippen MR) is 71.4 cm³/mol. The number of benzene rings is 1. The maximum Gasteiger partial charge on any atom is 0.253 e. The first kappa shape index (κ1) is 11.9. The summed E-state index contributed by atoms with van der Waals surface area (Å²) in [5, 5.41) is 0. The minimum atomic E-state index is -0.274. The summed E-state index contributed by atoms with van der Waals surface area (Å²) in [7, 11) is 1.64. The van der Waals surface area contributed by atoms with Crippen molar-refractivity contribution in [3.8, 4) is 5.75 Å². The Morgan fingerprint density at radius 3 is 2.79 bits per heavy atom. The zero-order valence-corrected chi connectivity index (χ0v) is 11.0. The summed E-state index contributed by atoms with van der Waals surface area (Å²) >= 11 is 0. The highest BCUT2D eigenvalue weighted by Gasteiger charge is 2.40. The molecule has 2 unspecified atom stereocenters. The van der Waals surface area contributed by atoms with E-state index in [-0.39, 0.29) is 18.0 Å². The van der Waals surface area contributed by atoms with Crippen LogP contribution in [-0.2, 0) is 4.79 Å². The van der Waals surface area contributed by atoms with E-state index in [1.54, 1.807) is 12.0 Å². The first-order chi connectivity index (χ1) is 9.20. The molecule has 0 saturated carbocycles. The van der Waals surface area contributed by atoms with Crippen LogP contribution in [0.5, 0.6) is 5.75 Å². The molecule has 1 aromatic rings. The van der Waals surface area contributed by atoms with Crippen molar-refractivity contribution in [2.75, 3.05) is 13.7 Å². The number of carbonyl (C=O) groups is 1. The van der Waals surface area contributed by atoms with Gasteiger partial charge in [0.15, 0.2) is 18.6 Å². The Morgan fingerprint density at radius 2 is 2.11 bits per heavy atom. The van der Waals surface area contributed by atoms with Crippen molar-refractivity contribution in [2.24, 2.45) is 4.99 Å². The molecule has 3 rings (SSSR count). The third kappa shape index (κ3) is 1.91. The van der Waals surface area contributed by atoms with E-state index in [2.05, 4.69) is 9.98 Å². The predicted octanol–water partition coefficient (Wildman–Crippen LogP) is -0.469. The van der Waals surface area contributed by atoms with E-state index in [4.69, 9.17) is 4.74 Å². The van der Waals surface area contributed by atoms with Gasteiger partial charge >= 0.3 is 0 Å². The monoisotopic (exact) mass is 258 g/mol. The van der Waals surface area contributed by atoms with Crippen molar-refractivity contribution in [1.29, 1.82) is 0 Å². The first-order valence-corrected chi connectivity index (χ1v) is 6.31. The molecule has 1 N–H and O–H groups in total. The molecular weight excluding hydrogens is 242 g/mol. The molecule has 0 aromatic heterocycles. The number of carbonyl (C=O) groups excluding carboxylic acids is 1. The van der Waals surface area contributed by atoms with Gasteiger partial charge in [-0.2, -0.15) is 0 Å². The van der Waals surface area contributed by atoms with Crippen molar-refractivity contribution in [3.63, 3.8) is 0 Å². The Balaban J connectivity index is 1.95. The second-order valence-corrected chi connectivity index (χ2v) is 4.70. The van der Waals surface area contributed by atoms with Crippen LogP contribution in [0, 0.1) is 0 Å². The molecule has 1 aromatic carbocycles. The fourth-order valence-electron chi connectivity index (χ4n) is 2.48. The molecule has 0 radical (unpaired) electrons. The fraction of sp³-hybridized carbons (Fsp3) is 0.357. The third-order valence-corrected chi connectivity index (χ3v) is 3.49. The molecule has 19 heavy (non-hydrogen) atoms. The summed E-state index contributed by atoms with van der Waals surface area (Å²) < 4.78 is 5.15. The molecular formula is C14H16N3O2+. The maximum absolute atomic E-state index is 12.2. The number of aliphatic imine (C=N–C) groups is 1. The van der Waals surface area contributed by atoms with Gasteiger partial charge in [0, 0.05) is 0 Å². The number of methoxy groups -OCH3 is 1. The molecule has 0 saturated heterocycles. The number of hydrogen-bond acceptors (Lipinski definition) is 3. The molecule has 2 aliphatic rings. The van der Waals surface area contributed by atoms with Gasteiger partial charge in [-0.3, -0.25) is 14.7 Å². The topological polar surface area (TPSA) is 55.9 Å². The van der Waals surface area contributed by atoms with Crippen molar-refractivity contribution in [1.82, 2.24) is 4.90 Å². The van der Waals surface area contributed by atoms with Gasteiger partial charge in [-0.15, -0.1) is 0 Å². The largest absolute Gasteiger partial charge is 0.497 e. The first-order valence-electron chi connectivity index (χ1n) is 6.31. The quantitative estimate of drug-likeness (QED) is 0.780. The summed E-state index contributed by atoms with van der Waals surface area (Å²) in [6.45, 7) is 2.45. The molecule has 0 aliphatic carbocycles. The summed E-state index contributed by atoms with van der Waals surface area (Å²) in [5.41, 5.74) is 1.04. The van der Waals surface area contributed by atoms with Gasteiger partial charge in [0.25, 0.3) is 5.91 Å². The highest BCUT2D eigenvalue weighted by atomic mass is 16.5. The lowest BCUT2D eigenvalue weighted by Gasteiger charge is -2.26. The number of nitrogens with one attached hydrogen (secondary N) is 1. The van der Waals surface area contributed by atoms with Crippen LogP contribution in [0.3, 0.4) is 0 Å². The Hall–Kier alpha value is -2.17. The van der Waals surface area contributed by atoms with Crippen LogP contribution in [-0.4, -0.2) is 42.6 Å². The van der Waals surface area contributed by atoms with Gasteiger partial charge in [-0.25, -0.2) is 4.99 Å².